The lowest BCUT2D eigenvalue weighted by atomic mass is 9.78. The highest BCUT2D eigenvalue weighted by Crippen LogP contribution is 2.33. The largest absolute Gasteiger partial charge is 0.497 e. The van der Waals surface area contributed by atoms with E-state index in [9.17, 15) is 14.4 Å². The molecule has 1 saturated heterocycles. The van der Waals surface area contributed by atoms with Gasteiger partial charge in [0.15, 0.2) is 17.1 Å². The molecule has 3 aliphatic rings. The Bertz CT molecular complexity index is 1390. The van der Waals surface area contributed by atoms with Crippen LogP contribution < -0.4 is 30.3 Å². The molecule has 2 N–H and O–H groups in total. The maximum Gasteiger partial charge on any atom is 0.219 e. The third-order valence-electron chi connectivity index (χ3n) is 7.38. The van der Waals surface area contributed by atoms with Crippen molar-refractivity contribution in [3.8, 4) is 17.4 Å². The van der Waals surface area contributed by atoms with E-state index in [2.05, 4.69) is 39.0 Å². The van der Waals surface area contributed by atoms with Gasteiger partial charge in [0, 0.05) is 24.8 Å². The van der Waals surface area contributed by atoms with Gasteiger partial charge in [0.2, 0.25) is 5.88 Å². The van der Waals surface area contributed by atoms with Gasteiger partial charge in [0.05, 0.1) is 38.4 Å². The Morgan fingerprint density at radius 3 is 2.34 bits per heavy atom. The van der Waals surface area contributed by atoms with Crippen LogP contribution in [0.15, 0.2) is 60.8 Å². The van der Waals surface area contributed by atoms with Crippen LogP contribution in [-0.4, -0.2) is 48.1 Å². The summed E-state index contributed by atoms with van der Waals surface area (Å²) in [7, 11) is 1.67. The van der Waals surface area contributed by atoms with Crippen LogP contribution in [0, 0.1) is 0 Å². The topological polar surface area (TPSA) is 113 Å². The van der Waals surface area contributed by atoms with Crippen molar-refractivity contribution < 1.29 is 23.9 Å². The molecule has 2 fully saturated rings. The van der Waals surface area contributed by atoms with Gasteiger partial charge in [-0.25, -0.2) is 10.4 Å². The number of methoxy groups -OCH3 is 1. The number of ketones is 3. The molecule has 0 amide bonds. The lowest BCUT2D eigenvalue weighted by Crippen LogP contribution is -2.63. The van der Waals surface area contributed by atoms with Crippen molar-refractivity contribution in [3.05, 3.63) is 71.9 Å². The minimum absolute atomic E-state index is 0.0845. The van der Waals surface area contributed by atoms with E-state index in [0.717, 1.165) is 30.9 Å². The molecule has 194 valence electrons. The summed E-state index contributed by atoms with van der Waals surface area (Å²) in [5.41, 5.74) is 8.45. The molecule has 1 spiro atoms. The van der Waals surface area contributed by atoms with Crippen molar-refractivity contribution in [1.29, 1.82) is 0 Å². The van der Waals surface area contributed by atoms with E-state index in [-0.39, 0.29) is 25.2 Å². The number of anilines is 2. The van der Waals surface area contributed by atoms with Crippen molar-refractivity contribution in [2.24, 2.45) is 0 Å². The Morgan fingerprint density at radius 1 is 0.895 bits per heavy atom. The average Bonchev–Trinajstić information content (AvgIpc) is 3.38. The summed E-state index contributed by atoms with van der Waals surface area (Å²) in [4.78, 5) is 44.0. The highest BCUT2D eigenvalue weighted by molar-refractivity contribution is 6.28. The van der Waals surface area contributed by atoms with Crippen molar-refractivity contribution in [3.63, 3.8) is 0 Å². The fourth-order valence-corrected chi connectivity index (χ4v) is 5.31. The summed E-state index contributed by atoms with van der Waals surface area (Å²) in [6.45, 7) is 1.80. The third kappa shape index (κ3) is 4.17. The first-order valence-electron chi connectivity index (χ1n) is 12.5. The molecular formula is C28H27N5O5. The predicted molar refractivity (Wildman–Crippen MR) is 139 cm³/mol. The Labute approximate surface area is 219 Å². The van der Waals surface area contributed by atoms with Gasteiger partial charge in [-0.3, -0.25) is 19.4 Å². The number of fused-ring (bicyclic) bond motifs is 1. The van der Waals surface area contributed by atoms with Crippen molar-refractivity contribution >= 4 is 28.7 Å². The van der Waals surface area contributed by atoms with Gasteiger partial charge in [-0.15, -0.1) is 0 Å². The van der Waals surface area contributed by atoms with Gasteiger partial charge in [-0.1, -0.05) is 6.07 Å². The second-order valence-corrected chi connectivity index (χ2v) is 9.66. The lowest BCUT2D eigenvalue weighted by Gasteiger charge is -2.37. The normalized spacial score (nSPS) is 18.6. The molecule has 38 heavy (non-hydrogen) atoms. The number of nitrogens with one attached hydrogen (secondary N) is 2. The molecule has 1 saturated carbocycles. The molecule has 0 unspecified atom stereocenters. The van der Waals surface area contributed by atoms with Gasteiger partial charge in [0.1, 0.15) is 17.3 Å². The molecule has 3 heterocycles. The average molecular weight is 514 g/mol. The number of hydrogen-bond acceptors (Lipinski definition) is 10. The number of carbonyl (C=O) groups excluding carboxylic acids is 3. The number of ether oxygens (including phenoxy) is 2. The zero-order valence-corrected chi connectivity index (χ0v) is 20.9. The molecule has 6 rings (SSSR count). The van der Waals surface area contributed by atoms with Crippen LogP contribution in [0.2, 0.25) is 0 Å². The van der Waals surface area contributed by atoms with E-state index in [1.54, 1.807) is 25.4 Å². The minimum atomic E-state index is -1.45. The van der Waals surface area contributed by atoms with Crippen LogP contribution >= 0.6 is 0 Å². The Balaban J connectivity index is 1.15. The number of benzene rings is 2. The SMILES string of the molecule is COc1ccc(N2CCc3cc(Oc4ccc(N5NNCC56C(=O)CC(=O)CC6=O)cn4)ccc3C2)cc1. The molecule has 3 aromatic rings. The molecular weight excluding hydrogens is 486 g/mol. The number of aromatic nitrogens is 1. The van der Waals surface area contributed by atoms with E-state index >= 15 is 0 Å². The second-order valence-electron chi connectivity index (χ2n) is 9.66. The molecule has 1 aromatic heterocycles. The molecule has 0 atom stereocenters. The zero-order chi connectivity index (χ0) is 26.3. The molecule has 2 aliphatic heterocycles. The first-order chi connectivity index (χ1) is 18.5. The highest BCUT2D eigenvalue weighted by Gasteiger charge is 2.56. The van der Waals surface area contributed by atoms with Gasteiger partial charge >= 0.3 is 0 Å². The summed E-state index contributed by atoms with van der Waals surface area (Å²) in [6.07, 6.45) is 1.93. The van der Waals surface area contributed by atoms with Crippen molar-refractivity contribution in [2.45, 2.75) is 31.3 Å². The molecule has 10 heteroatoms. The molecule has 0 radical (unpaired) electrons. The lowest BCUT2D eigenvalue weighted by molar-refractivity contribution is -0.141. The Morgan fingerprint density at radius 2 is 1.63 bits per heavy atom. The van der Waals surface area contributed by atoms with Crippen molar-refractivity contribution in [1.82, 2.24) is 15.9 Å². The van der Waals surface area contributed by atoms with Gasteiger partial charge < -0.3 is 14.4 Å². The molecule has 1 aliphatic carbocycles. The second kappa shape index (κ2) is 9.55. The Hall–Kier alpha value is -4.28. The number of nitrogens with zero attached hydrogens (tertiary/aromatic N) is 3. The predicted octanol–water partition coefficient (Wildman–Crippen LogP) is 2.51. The summed E-state index contributed by atoms with van der Waals surface area (Å²) >= 11 is 0. The van der Waals surface area contributed by atoms with Crippen LogP contribution in [-0.2, 0) is 27.3 Å². The van der Waals surface area contributed by atoms with Crippen LogP contribution in [0.25, 0.3) is 0 Å². The highest BCUT2D eigenvalue weighted by atomic mass is 16.5. The first-order valence-corrected chi connectivity index (χ1v) is 12.5. The van der Waals surface area contributed by atoms with Crippen molar-refractivity contribution in [2.75, 3.05) is 30.1 Å². The van der Waals surface area contributed by atoms with Gasteiger partial charge in [-0.05, 0) is 60.0 Å². The smallest absolute Gasteiger partial charge is 0.219 e. The Kier molecular flexibility index (Phi) is 6.05. The van der Waals surface area contributed by atoms with E-state index in [1.807, 2.05) is 24.3 Å². The number of hydrogen-bond donors (Lipinski definition) is 2. The van der Waals surface area contributed by atoms with Gasteiger partial charge in [-0.2, -0.15) is 5.53 Å². The monoisotopic (exact) mass is 513 g/mol. The number of pyridine rings is 1. The number of Topliss-reactive ketones (excluding diaryl/α,β-unsaturated/α-hetero) is 3. The van der Waals surface area contributed by atoms with Crippen LogP contribution in [0.5, 0.6) is 17.4 Å². The van der Waals surface area contributed by atoms with Crippen LogP contribution in [0.4, 0.5) is 11.4 Å². The summed E-state index contributed by atoms with van der Waals surface area (Å²) < 4.78 is 11.3. The maximum absolute atomic E-state index is 12.8. The number of hydrazine groups is 2. The van der Waals surface area contributed by atoms with Gasteiger partial charge in [0.25, 0.3) is 0 Å². The first kappa shape index (κ1) is 24.1. The fraction of sp³-hybridized carbons (Fsp3) is 0.286. The van der Waals surface area contributed by atoms with E-state index in [1.165, 1.54) is 16.1 Å². The fourth-order valence-electron chi connectivity index (χ4n) is 5.31. The maximum atomic E-state index is 12.8. The molecule has 0 bridgehead atoms. The summed E-state index contributed by atoms with van der Waals surface area (Å²) in [5.74, 6) is 0.734. The summed E-state index contributed by atoms with van der Waals surface area (Å²) in [5, 5.41) is 1.47. The molecule has 10 nitrogen and oxygen atoms in total. The minimum Gasteiger partial charge on any atom is -0.497 e. The molecule has 2 aromatic carbocycles. The van der Waals surface area contributed by atoms with Crippen LogP contribution in [0.1, 0.15) is 24.0 Å². The quantitative estimate of drug-likeness (QED) is 0.494. The van der Waals surface area contributed by atoms with E-state index in [4.69, 9.17) is 9.47 Å². The van der Waals surface area contributed by atoms with E-state index < -0.39 is 17.1 Å². The zero-order valence-electron chi connectivity index (χ0n) is 20.9. The van der Waals surface area contributed by atoms with E-state index in [0.29, 0.717) is 17.3 Å². The number of rotatable bonds is 5. The number of carbonyl (C=O) groups is 3. The standard InChI is InChI=1S/C28H27N5O5/c1-37-23-7-3-20(4-8-23)32-11-10-18-12-24(6-2-19(18)16-32)38-27-9-5-21(15-29-27)33-28(17-30-31-33)25(35)13-22(34)14-26(28)36/h2-9,12,15,30-31H,10-11,13-14,16-17H2,1H3. The third-order valence-corrected chi connectivity index (χ3v) is 7.38. The summed E-state index contributed by atoms with van der Waals surface area (Å²) in [6, 6.07) is 17.6. The van der Waals surface area contributed by atoms with Crippen LogP contribution in [0.3, 0.4) is 0 Å².